The van der Waals surface area contributed by atoms with E-state index < -0.39 is 0 Å². The Morgan fingerprint density at radius 1 is 1.36 bits per heavy atom. The molecule has 6 nitrogen and oxygen atoms in total. The molecular formula is C8H13N3O3. The van der Waals surface area contributed by atoms with Gasteiger partial charge < -0.3 is 14.4 Å². The maximum Gasteiger partial charge on any atom is 0.252 e. The van der Waals surface area contributed by atoms with Crippen LogP contribution in [0.1, 0.15) is 11.7 Å². The molecule has 0 atom stereocenters. The van der Waals surface area contributed by atoms with E-state index in [1.165, 1.54) is 0 Å². The van der Waals surface area contributed by atoms with Gasteiger partial charge in [-0.1, -0.05) is 5.16 Å². The van der Waals surface area contributed by atoms with Gasteiger partial charge in [0.25, 0.3) is 5.89 Å². The van der Waals surface area contributed by atoms with E-state index in [-0.39, 0.29) is 12.5 Å². The summed E-state index contributed by atoms with van der Waals surface area (Å²) in [5, 5.41) is 12.5. The van der Waals surface area contributed by atoms with Crippen LogP contribution in [0.3, 0.4) is 0 Å². The fraction of sp³-hybridized carbons (Fsp3) is 0.750. The van der Waals surface area contributed by atoms with E-state index in [9.17, 15) is 0 Å². The Bertz CT molecular complexity index is 283. The van der Waals surface area contributed by atoms with Crippen LogP contribution in [-0.2, 0) is 17.9 Å². The standard InChI is InChI=1S/C8H13N3O3/c12-6-8-9-7(10-14-8)5-11-1-3-13-4-2-11/h12H,1-6H2. The summed E-state index contributed by atoms with van der Waals surface area (Å²) in [5.74, 6) is 0.893. The third kappa shape index (κ3) is 2.28. The van der Waals surface area contributed by atoms with Gasteiger partial charge in [-0.15, -0.1) is 0 Å². The summed E-state index contributed by atoms with van der Waals surface area (Å²) in [6.45, 7) is 3.75. The number of morpholine rings is 1. The molecule has 2 heterocycles. The molecule has 0 unspecified atom stereocenters. The molecule has 0 amide bonds. The molecule has 2 rings (SSSR count). The number of aromatic nitrogens is 2. The second-order valence-electron chi connectivity index (χ2n) is 3.15. The summed E-state index contributed by atoms with van der Waals surface area (Å²) in [6.07, 6.45) is 0. The van der Waals surface area contributed by atoms with Gasteiger partial charge in [-0.25, -0.2) is 0 Å². The van der Waals surface area contributed by atoms with E-state index in [0.717, 1.165) is 26.3 Å². The summed E-state index contributed by atoms with van der Waals surface area (Å²) in [6, 6.07) is 0. The highest BCUT2D eigenvalue weighted by molar-refractivity contribution is 4.85. The molecule has 0 spiro atoms. The van der Waals surface area contributed by atoms with E-state index >= 15 is 0 Å². The van der Waals surface area contributed by atoms with Gasteiger partial charge in [0, 0.05) is 13.1 Å². The molecule has 78 valence electrons. The molecule has 6 heteroatoms. The largest absolute Gasteiger partial charge is 0.387 e. The predicted octanol–water partition coefficient (Wildman–Crippen LogP) is -0.606. The molecule has 0 saturated carbocycles. The lowest BCUT2D eigenvalue weighted by atomic mass is 10.4. The van der Waals surface area contributed by atoms with Crippen LogP contribution in [0, 0.1) is 0 Å². The second kappa shape index (κ2) is 4.50. The fourth-order valence-corrected chi connectivity index (χ4v) is 1.38. The van der Waals surface area contributed by atoms with Crippen LogP contribution in [0.5, 0.6) is 0 Å². The van der Waals surface area contributed by atoms with Crippen molar-refractivity contribution in [2.24, 2.45) is 0 Å². The molecule has 0 aromatic carbocycles. The molecule has 1 aliphatic heterocycles. The van der Waals surface area contributed by atoms with Gasteiger partial charge in [-0.05, 0) is 0 Å². The van der Waals surface area contributed by atoms with Crippen molar-refractivity contribution in [3.05, 3.63) is 11.7 Å². The number of ether oxygens (including phenoxy) is 1. The van der Waals surface area contributed by atoms with Crippen molar-refractivity contribution >= 4 is 0 Å². The summed E-state index contributed by atoms with van der Waals surface area (Å²) in [4.78, 5) is 6.20. The highest BCUT2D eigenvalue weighted by Crippen LogP contribution is 2.04. The van der Waals surface area contributed by atoms with Gasteiger partial charge in [0.15, 0.2) is 5.82 Å². The molecule has 1 aromatic heterocycles. The van der Waals surface area contributed by atoms with Crippen LogP contribution in [0.25, 0.3) is 0 Å². The molecule has 0 aliphatic carbocycles. The Balaban J connectivity index is 1.89. The molecule has 1 saturated heterocycles. The van der Waals surface area contributed by atoms with Crippen LogP contribution in [-0.4, -0.2) is 46.5 Å². The molecule has 1 aromatic rings. The van der Waals surface area contributed by atoms with Crippen LogP contribution in [0.2, 0.25) is 0 Å². The van der Waals surface area contributed by atoms with Crippen molar-refractivity contribution in [1.82, 2.24) is 15.0 Å². The van der Waals surface area contributed by atoms with Gasteiger partial charge in [-0.2, -0.15) is 4.98 Å². The minimum atomic E-state index is -0.198. The minimum Gasteiger partial charge on any atom is -0.387 e. The van der Waals surface area contributed by atoms with Gasteiger partial charge in [-0.3, -0.25) is 4.90 Å². The molecular weight excluding hydrogens is 186 g/mol. The zero-order valence-electron chi connectivity index (χ0n) is 7.85. The van der Waals surface area contributed by atoms with Crippen molar-refractivity contribution in [2.75, 3.05) is 26.3 Å². The summed E-state index contributed by atoms with van der Waals surface area (Å²) in [5.41, 5.74) is 0. The summed E-state index contributed by atoms with van der Waals surface area (Å²) in [7, 11) is 0. The number of nitrogens with zero attached hydrogens (tertiary/aromatic N) is 3. The smallest absolute Gasteiger partial charge is 0.252 e. The van der Waals surface area contributed by atoms with Crippen LogP contribution in [0.4, 0.5) is 0 Å². The maximum absolute atomic E-state index is 8.73. The van der Waals surface area contributed by atoms with Gasteiger partial charge in [0.1, 0.15) is 6.61 Å². The lowest BCUT2D eigenvalue weighted by Gasteiger charge is -2.24. The molecule has 14 heavy (non-hydrogen) atoms. The lowest BCUT2D eigenvalue weighted by molar-refractivity contribution is 0.0327. The van der Waals surface area contributed by atoms with Crippen LogP contribution >= 0.6 is 0 Å². The Labute approximate surface area is 81.5 Å². The van der Waals surface area contributed by atoms with E-state index in [0.29, 0.717) is 12.4 Å². The van der Waals surface area contributed by atoms with E-state index in [4.69, 9.17) is 14.4 Å². The number of hydrogen-bond donors (Lipinski definition) is 1. The number of hydrogen-bond acceptors (Lipinski definition) is 6. The number of rotatable bonds is 3. The van der Waals surface area contributed by atoms with Crippen molar-refractivity contribution < 1.29 is 14.4 Å². The Hall–Kier alpha value is -0.980. The first-order valence-corrected chi connectivity index (χ1v) is 4.61. The first kappa shape index (κ1) is 9.57. The highest BCUT2D eigenvalue weighted by atomic mass is 16.5. The van der Waals surface area contributed by atoms with Crippen molar-refractivity contribution in [1.29, 1.82) is 0 Å². The molecule has 1 fully saturated rings. The summed E-state index contributed by atoms with van der Waals surface area (Å²) < 4.78 is 10.0. The van der Waals surface area contributed by atoms with Crippen molar-refractivity contribution in [3.8, 4) is 0 Å². The average Bonchev–Trinajstić information content (AvgIpc) is 2.67. The van der Waals surface area contributed by atoms with Crippen LogP contribution < -0.4 is 0 Å². The first-order valence-electron chi connectivity index (χ1n) is 4.61. The maximum atomic E-state index is 8.73. The van der Waals surface area contributed by atoms with Gasteiger partial charge in [0.2, 0.25) is 0 Å². The quantitative estimate of drug-likeness (QED) is 0.700. The molecule has 0 radical (unpaired) electrons. The zero-order chi connectivity index (χ0) is 9.80. The molecule has 1 aliphatic rings. The number of aliphatic hydroxyl groups is 1. The van der Waals surface area contributed by atoms with Gasteiger partial charge >= 0.3 is 0 Å². The second-order valence-corrected chi connectivity index (χ2v) is 3.15. The third-order valence-corrected chi connectivity index (χ3v) is 2.11. The normalized spacial score (nSPS) is 18.6. The Kier molecular flexibility index (Phi) is 3.07. The van der Waals surface area contributed by atoms with E-state index in [1.54, 1.807) is 0 Å². The third-order valence-electron chi connectivity index (χ3n) is 2.11. The topological polar surface area (TPSA) is 71.6 Å². The highest BCUT2D eigenvalue weighted by Gasteiger charge is 2.13. The zero-order valence-corrected chi connectivity index (χ0v) is 7.85. The predicted molar refractivity (Wildman–Crippen MR) is 46.3 cm³/mol. The Morgan fingerprint density at radius 2 is 2.14 bits per heavy atom. The van der Waals surface area contributed by atoms with E-state index in [2.05, 4.69) is 15.0 Å². The van der Waals surface area contributed by atoms with Gasteiger partial charge in [0.05, 0.1) is 19.8 Å². The average molecular weight is 199 g/mol. The lowest BCUT2D eigenvalue weighted by Crippen LogP contribution is -2.35. The SMILES string of the molecule is OCc1nc(CN2CCOCC2)no1. The monoisotopic (exact) mass is 199 g/mol. The van der Waals surface area contributed by atoms with E-state index in [1.807, 2.05) is 0 Å². The molecule has 0 bridgehead atoms. The van der Waals surface area contributed by atoms with Crippen molar-refractivity contribution in [3.63, 3.8) is 0 Å². The van der Waals surface area contributed by atoms with Crippen LogP contribution in [0.15, 0.2) is 4.52 Å². The first-order chi connectivity index (χ1) is 6.88. The number of aliphatic hydroxyl groups excluding tert-OH is 1. The summed E-state index contributed by atoms with van der Waals surface area (Å²) >= 11 is 0. The fourth-order valence-electron chi connectivity index (χ4n) is 1.38. The van der Waals surface area contributed by atoms with Crippen molar-refractivity contribution in [2.45, 2.75) is 13.2 Å². The minimum absolute atomic E-state index is 0.198. The molecule has 1 N–H and O–H groups in total. The Morgan fingerprint density at radius 3 is 2.79 bits per heavy atom.